The minimum Gasteiger partial charge on any atom is -0.454 e. The van der Waals surface area contributed by atoms with Gasteiger partial charge in [-0.2, -0.15) is 5.26 Å². The van der Waals surface area contributed by atoms with Crippen LogP contribution in [0.15, 0.2) is 47.3 Å². The summed E-state index contributed by atoms with van der Waals surface area (Å²) in [7, 11) is 0. The highest BCUT2D eigenvalue weighted by Crippen LogP contribution is 2.33. The van der Waals surface area contributed by atoms with Crippen molar-refractivity contribution in [2.24, 2.45) is 16.8 Å². The number of ether oxygens (including phenoxy) is 1. The number of aliphatic imine (C=N–C) groups is 1. The molecule has 0 saturated heterocycles. The predicted octanol–water partition coefficient (Wildman–Crippen LogP) is 2.36. The first-order chi connectivity index (χ1) is 10.6. The second-order valence-electron chi connectivity index (χ2n) is 5.11. The maximum atomic E-state index is 8.95. The van der Waals surface area contributed by atoms with E-state index in [9.17, 15) is 0 Å². The molecule has 6 nitrogen and oxygen atoms in total. The zero-order valence-electron chi connectivity index (χ0n) is 12.3. The maximum absolute atomic E-state index is 8.95. The van der Waals surface area contributed by atoms with Crippen LogP contribution >= 0.6 is 0 Å². The largest absolute Gasteiger partial charge is 0.454 e. The van der Waals surface area contributed by atoms with E-state index in [1.165, 1.54) is 18.9 Å². The summed E-state index contributed by atoms with van der Waals surface area (Å²) < 4.78 is 5.58. The van der Waals surface area contributed by atoms with Gasteiger partial charge in [0.15, 0.2) is 11.5 Å². The Hall–Kier alpha value is -2.78. The molecule has 1 aliphatic rings. The molecule has 6 heteroatoms. The number of hydrazine groups is 1. The van der Waals surface area contributed by atoms with Crippen LogP contribution in [-0.2, 0) is 0 Å². The molecule has 1 fully saturated rings. The molecule has 1 aromatic carbocycles. The van der Waals surface area contributed by atoms with E-state index >= 15 is 0 Å². The van der Waals surface area contributed by atoms with Crippen LogP contribution in [-0.4, -0.2) is 13.3 Å². The Balaban J connectivity index is 2.18. The third kappa shape index (κ3) is 3.65. The summed E-state index contributed by atoms with van der Waals surface area (Å²) in [6, 6.07) is 7.08. The summed E-state index contributed by atoms with van der Waals surface area (Å²) in [4.78, 5) is 3.59. The lowest BCUT2D eigenvalue weighted by Gasteiger charge is -2.20. The fourth-order valence-corrected chi connectivity index (χ4v) is 2.02. The summed E-state index contributed by atoms with van der Waals surface area (Å²) >= 11 is 0. The monoisotopic (exact) mass is 297 g/mol. The first-order valence-electron chi connectivity index (χ1n) is 6.92. The van der Waals surface area contributed by atoms with Crippen molar-refractivity contribution < 1.29 is 4.74 Å². The molecule has 1 saturated carbocycles. The molecule has 2 rings (SSSR count). The van der Waals surface area contributed by atoms with Gasteiger partial charge in [-0.05, 0) is 43.7 Å². The van der Waals surface area contributed by atoms with Crippen molar-refractivity contribution in [1.82, 2.24) is 0 Å². The van der Waals surface area contributed by atoms with Crippen LogP contribution in [0.5, 0.6) is 5.75 Å². The van der Waals surface area contributed by atoms with Gasteiger partial charge in [0.25, 0.3) is 0 Å². The molecule has 114 valence electrons. The smallest absolute Gasteiger partial charge is 0.182 e. The Morgan fingerprint density at radius 2 is 2.27 bits per heavy atom. The highest BCUT2D eigenvalue weighted by molar-refractivity contribution is 5.69. The molecule has 0 heterocycles. The van der Waals surface area contributed by atoms with Gasteiger partial charge in [-0.15, -0.1) is 0 Å². The molecule has 22 heavy (non-hydrogen) atoms. The zero-order valence-corrected chi connectivity index (χ0v) is 12.3. The molecule has 4 N–H and O–H groups in total. The quantitative estimate of drug-likeness (QED) is 0.153. The minimum absolute atomic E-state index is 0.0619. The molecular formula is C16H19N5O. The number of nitrogens with zero attached hydrogens (tertiary/aromatic N) is 3. The van der Waals surface area contributed by atoms with Crippen molar-refractivity contribution in [2.45, 2.75) is 12.8 Å². The number of nitrogen functional groups attached to an aromatic ring is 1. The molecule has 0 bridgehead atoms. The molecule has 0 atom stereocenters. The third-order valence-corrected chi connectivity index (χ3v) is 3.37. The van der Waals surface area contributed by atoms with Crippen LogP contribution in [0.1, 0.15) is 12.8 Å². The Bertz CT molecular complexity index is 655. The first-order valence-corrected chi connectivity index (χ1v) is 6.92. The molecule has 0 aromatic heterocycles. The molecule has 0 radical (unpaired) electrons. The fourth-order valence-electron chi connectivity index (χ4n) is 2.02. The second-order valence-corrected chi connectivity index (χ2v) is 5.11. The van der Waals surface area contributed by atoms with Gasteiger partial charge in [0, 0.05) is 12.6 Å². The summed E-state index contributed by atoms with van der Waals surface area (Å²) in [5.74, 6) is 7.39. The van der Waals surface area contributed by atoms with Gasteiger partial charge in [-0.1, -0.05) is 6.58 Å². The van der Waals surface area contributed by atoms with Gasteiger partial charge in [0.2, 0.25) is 0 Å². The van der Waals surface area contributed by atoms with Crippen molar-refractivity contribution in [1.29, 1.82) is 5.26 Å². The average molecular weight is 297 g/mol. The Kier molecular flexibility index (Phi) is 4.81. The Morgan fingerprint density at radius 1 is 1.55 bits per heavy atom. The zero-order chi connectivity index (χ0) is 16.1. The van der Waals surface area contributed by atoms with Gasteiger partial charge in [-0.25, -0.2) is 10.8 Å². The van der Waals surface area contributed by atoms with Crippen LogP contribution in [0.25, 0.3) is 0 Å². The number of hydrogen-bond donors (Lipinski definition) is 2. The van der Waals surface area contributed by atoms with Crippen molar-refractivity contribution in [3.63, 3.8) is 0 Å². The normalized spacial score (nSPS) is 14.5. The van der Waals surface area contributed by atoms with E-state index in [0.717, 1.165) is 12.2 Å². The number of rotatable bonds is 7. The molecule has 0 unspecified atom stereocenters. The number of nitrogens with two attached hydrogens (primary N) is 2. The second kappa shape index (κ2) is 6.78. The van der Waals surface area contributed by atoms with E-state index in [1.807, 2.05) is 6.07 Å². The van der Waals surface area contributed by atoms with Crippen LogP contribution in [0.4, 0.5) is 11.4 Å². The number of hydrogen-bond acceptors (Lipinski definition) is 6. The summed E-state index contributed by atoms with van der Waals surface area (Å²) in [5.41, 5.74) is 7.36. The predicted molar refractivity (Wildman–Crippen MR) is 88.1 cm³/mol. The Labute approximate surface area is 130 Å². The minimum atomic E-state index is 0.0619. The third-order valence-electron chi connectivity index (χ3n) is 3.37. The fraction of sp³-hybridized carbons (Fsp3) is 0.250. The van der Waals surface area contributed by atoms with Crippen LogP contribution in [0, 0.1) is 17.2 Å². The Morgan fingerprint density at radius 3 is 2.77 bits per heavy atom. The molecule has 0 aliphatic heterocycles. The molecular weight excluding hydrogens is 278 g/mol. The van der Waals surface area contributed by atoms with Crippen LogP contribution in [0.3, 0.4) is 0 Å². The summed E-state index contributed by atoms with van der Waals surface area (Å²) in [6.07, 6.45) is 3.83. The summed E-state index contributed by atoms with van der Waals surface area (Å²) in [6.45, 7) is 7.72. The molecule has 0 spiro atoms. The average Bonchev–Trinajstić information content (AvgIpc) is 3.31. The van der Waals surface area contributed by atoms with Crippen LogP contribution < -0.4 is 21.3 Å². The van der Waals surface area contributed by atoms with E-state index < -0.39 is 0 Å². The SMILES string of the molecule is C=C/C(Oc1ccc(N(N)CC2CC2)c(N)c1)=C(/C#N)N=C. The van der Waals surface area contributed by atoms with Gasteiger partial charge in [-0.3, -0.25) is 0 Å². The summed E-state index contributed by atoms with van der Waals surface area (Å²) in [5, 5.41) is 10.6. The maximum Gasteiger partial charge on any atom is 0.182 e. The van der Waals surface area contributed by atoms with Crippen molar-refractivity contribution >= 4 is 18.1 Å². The van der Waals surface area contributed by atoms with Gasteiger partial charge in [0.1, 0.15) is 11.8 Å². The number of allylic oxidation sites excluding steroid dienone is 2. The molecule has 1 aliphatic carbocycles. The molecule has 1 aromatic rings. The number of nitriles is 1. The van der Waals surface area contributed by atoms with Gasteiger partial charge >= 0.3 is 0 Å². The van der Waals surface area contributed by atoms with Crippen LogP contribution in [0.2, 0.25) is 0 Å². The van der Waals surface area contributed by atoms with Crippen molar-refractivity contribution in [3.05, 3.63) is 42.3 Å². The highest BCUT2D eigenvalue weighted by Gasteiger charge is 2.24. The van der Waals surface area contributed by atoms with Crippen molar-refractivity contribution in [2.75, 3.05) is 17.3 Å². The molecule has 0 amide bonds. The highest BCUT2D eigenvalue weighted by atomic mass is 16.5. The van der Waals surface area contributed by atoms with Crippen molar-refractivity contribution in [3.8, 4) is 11.8 Å². The lowest BCUT2D eigenvalue weighted by Crippen LogP contribution is -2.33. The first kappa shape index (κ1) is 15.6. The van der Waals surface area contributed by atoms with E-state index in [0.29, 0.717) is 17.4 Å². The van der Waals surface area contributed by atoms with Gasteiger partial charge < -0.3 is 15.5 Å². The van der Waals surface area contributed by atoms with E-state index in [2.05, 4.69) is 18.3 Å². The lowest BCUT2D eigenvalue weighted by molar-refractivity contribution is 0.440. The van der Waals surface area contributed by atoms with E-state index in [-0.39, 0.29) is 11.5 Å². The van der Waals surface area contributed by atoms with Gasteiger partial charge in [0.05, 0.1) is 11.4 Å². The van der Waals surface area contributed by atoms with E-state index in [4.69, 9.17) is 21.6 Å². The number of benzene rings is 1. The standard InChI is InChI=1S/C16H19N5O/c1-3-16(14(9-17)20-2)22-12-6-7-15(13(18)8-12)21(19)10-11-4-5-11/h3,6-8,11H,1-2,4-5,10,18-19H2/b16-14+. The van der Waals surface area contributed by atoms with E-state index in [1.54, 1.807) is 23.2 Å². The topological polar surface area (TPSA) is 101 Å². The lowest BCUT2D eigenvalue weighted by atomic mass is 10.2. The number of anilines is 2.